The van der Waals surface area contributed by atoms with Crippen molar-refractivity contribution in [1.29, 1.82) is 0 Å². The molecular weight excluding hydrogens is 314 g/mol. The van der Waals surface area contributed by atoms with Gasteiger partial charge in [-0.15, -0.1) is 0 Å². The molecule has 0 aromatic heterocycles. The zero-order valence-corrected chi connectivity index (χ0v) is 14.8. The highest BCUT2D eigenvalue weighted by Crippen LogP contribution is 2.32. The van der Waals surface area contributed by atoms with Crippen LogP contribution < -0.4 is 0 Å². The fourth-order valence-corrected chi connectivity index (χ4v) is 3.28. The predicted molar refractivity (Wildman–Crippen MR) is 86.1 cm³/mol. The lowest BCUT2D eigenvalue weighted by molar-refractivity contribution is -0.308. The van der Waals surface area contributed by atoms with E-state index in [1.54, 1.807) is 25.7 Å². The maximum atomic E-state index is 12.6. The van der Waals surface area contributed by atoms with E-state index in [1.165, 1.54) is 0 Å². The van der Waals surface area contributed by atoms with Crippen LogP contribution in [0.3, 0.4) is 0 Å². The number of carbonyl (C=O) groups is 2. The number of hydrogen-bond acceptors (Lipinski definition) is 6. The van der Waals surface area contributed by atoms with Crippen LogP contribution in [0.4, 0.5) is 0 Å². The van der Waals surface area contributed by atoms with Gasteiger partial charge in [0.2, 0.25) is 0 Å². The predicted octanol–water partition coefficient (Wildman–Crippen LogP) is 1.73. The third-order valence-electron chi connectivity index (χ3n) is 4.55. The largest absolute Gasteiger partial charge is 0.481 e. The number of likely N-dealkylation sites (tertiary alicyclic amines) is 1. The summed E-state index contributed by atoms with van der Waals surface area (Å²) < 4.78 is 11.2. The van der Waals surface area contributed by atoms with Gasteiger partial charge >= 0.3 is 17.8 Å². The molecule has 7 nitrogen and oxygen atoms in total. The lowest BCUT2D eigenvalue weighted by Gasteiger charge is -2.39. The van der Waals surface area contributed by atoms with E-state index in [0.29, 0.717) is 38.8 Å². The van der Waals surface area contributed by atoms with Crippen molar-refractivity contribution < 1.29 is 29.3 Å². The van der Waals surface area contributed by atoms with Gasteiger partial charge in [0.25, 0.3) is 0 Å². The highest BCUT2D eigenvalue weighted by Gasteiger charge is 2.49. The summed E-state index contributed by atoms with van der Waals surface area (Å²) in [4.78, 5) is 25.2. The van der Waals surface area contributed by atoms with Crippen molar-refractivity contribution in [3.05, 3.63) is 0 Å². The number of carboxylic acid groups (broad SMARTS) is 1. The third kappa shape index (κ3) is 4.68. The summed E-state index contributed by atoms with van der Waals surface area (Å²) in [5.41, 5.74) is -0.727. The molecular formula is C17H29NO6. The van der Waals surface area contributed by atoms with Crippen LogP contribution in [0, 0.1) is 5.92 Å². The topological polar surface area (TPSA) is 96.3 Å². The molecule has 7 heteroatoms. The third-order valence-corrected chi connectivity index (χ3v) is 4.55. The molecule has 0 amide bonds. The van der Waals surface area contributed by atoms with E-state index in [0.717, 1.165) is 12.8 Å². The molecule has 2 fully saturated rings. The quantitative estimate of drug-likeness (QED) is 0.579. The van der Waals surface area contributed by atoms with E-state index in [-0.39, 0.29) is 12.0 Å². The molecule has 138 valence electrons. The van der Waals surface area contributed by atoms with Gasteiger partial charge in [0.1, 0.15) is 5.60 Å². The summed E-state index contributed by atoms with van der Waals surface area (Å²) >= 11 is 0. The number of carboxylic acids is 1. The zero-order chi connectivity index (χ0) is 18.0. The van der Waals surface area contributed by atoms with Crippen molar-refractivity contribution in [2.45, 2.75) is 76.9 Å². The van der Waals surface area contributed by atoms with Gasteiger partial charge in [-0.3, -0.25) is 4.79 Å². The molecule has 1 unspecified atom stereocenters. The molecule has 1 atom stereocenters. The zero-order valence-electron chi connectivity index (χ0n) is 14.8. The first kappa shape index (κ1) is 19.1. The first-order valence-electron chi connectivity index (χ1n) is 8.73. The Morgan fingerprint density at radius 2 is 1.58 bits per heavy atom. The van der Waals surface area contributed by atoms with Gasteiger partial charge in [0, 0.05) is 13.1 Å². The number of esters is 1. The maximum absolute atomic E-state index is 12.6. The van der Waals surface area contributed by atoms with Crippen molar-refractivity contribution in [2.75, 3.05) is 13.1 Å². The monoisotopic (exact) mass is 343 g/mol. The Bertz CT molecular complexity index is 460. The first-order valence-corrected chi connectivity index (χ1v) is 8.73. The Kier molecular flexibility index (Phi) is 5.88. The highest BCUT2D eigenvalue weighted by molar-refractivity contribution is 5.77. The van der Waals surface area contributed by atoms with Gasteiger partial charge in [-0.2, -0.15) is 0 Å². The van der Waals surface area contributed by atoms with Crippen molar-refractivity contribution in [3.8, 4) is 0 Å². The fraction of sp³-hybridized carbons (Fsp3) is 0.882. The van der Waals surface area contributed by atoms with Crippen LogP contribution in [0.5, 0.6) is 0 Å². The average molecular weight is 343 g/mol. The number of nitrogens with zero attached hydrogens (tertiary/aromatic N) is 1. The molecule has 0 spiro atoms. The lowest BCUT2D eigenvalue weighted by Crippen LogP contribution is -2.59. The second-order valence-electron chi connectivity index (χ2n) is 7.73. The molecule has 2 aliphatic rings. The van der Waals surface area contributed by atoms with Crippen LogP contribution in [0.1, 0.15) is 59.3 Å². The fourth-order valence-electron chi connectivity index (χ4n) is 3.28. The SMILES string of the molecule is CC(C)(C)OC(=O)C(O)(OC1CCC(C(=O)O)CC1)N1CCCC1. The summed E-state index contributed by atoms with van der Waals surface area (Å²) in [7, 11) is 0. The second-order valence-corrected chi connectivity index (χ2v) is 7.73. The van der Waals surface area contributed by atoms with Gasteiger partial charge in [-0.05, 0) is 59.3 Å². The average Bonchev–Trinajstić information content (AvgIpc) is 3.00. The van der Waals surface area contributed by atoms with Gasteiger partial charge in [0.05, 0.1) is 12.0 Å². The maximum Gasteiger partial charge on any atom is 0.384 e. The van der Waals surface area contributed by atoms with E-state index in [2.05, 4.69) is 0 Å². The minimum Gasteiger partial charge on any atom is -0.481 e. The number of aliphatic carboxylic acids is 1. The minimum absolute atomic E-state index is 0.348. The Labute approximate surface area is 142 Å². The van der Waals surface area contributed by atoms with Crippen LogP contribution in [0.2, 0.25) is 0 Å². The van der Waals surface area contributed by atoms with Gasteiger partial charge in [-0.25, -0.2) is 9.69 Å². The summed E-state index contributed by atoms with van der Waals surface area (Å²) in [6, 6.07) is 0. The molecule has 0 radical (unpaired) electrons. The smallest absolute Gasteiger partial charge is 0.384 e. The molecule has 1 aliphatic heterocycles. The number of carbonyl (C=O) groups excluding carboxylic acids is 1. The molecule has 0 bridgehead atoms. The molecule has 0 aromatic rings. The molecule has 2 N–H and O–H groups in total. The number of aliphatic hydroxyl groups is 1. The van der Waals surface area contributed by atoms with E-state index in [9.17, 15) is 14.7 Å². The van der Waals surface area contributed by atoms with Gasteiger partial charge < -0.3 is 19.7 Å². The minimum atomic E-state index is -2.09. The van der Waals surface area contributed by atoms with Crippen molar-refractivity contribution >= 4 is 11.9 Å². The standard InChI is InChI=1S/C17H29NO6/c1-16(2,3)24-15(21)17(22,18-10-4-5-11-18)23-13-8-6-12(7-9-13)14(19)20/h12-13,22H,4-11H2,1-3H3,(H,19,20). The summed E-state index contributed by atoms with van der Waals surface area (Å²) in [6.45, 7) is 6.37. The molecule has 1 aliphatic carbocycles. The van der Waals surface area contributed by atoms with Gasteiger partial charge in [0.15, 0.2) is 0 Å². The molecule has 1 saturated heterocycles. The molecule has 0 aromatic carbocycles. The lowest BCUT2D eigenvalue weighted by atomic mass is 9.87. The number of hydrogen-bond donors (Lipinski definition) is 2. The van der Waals surface area contributed by atoms with E-state index >= 15 is 0 Å². The Morgan fingerprint density at radius 3 is 2.04 bits per heavy atom. The van der Waals surface area contributed by atoms with Crippen LogP contribution in [-0.2, 0) is 19.1 Å². The normalized spacial score (nSPS) is 28.3. The van der Waals surface area contributed by atoms with Gasteiger partial charge in [-0.1, -0.05) is 0 Å². The Morgan fingerprint density at radius 1 is 1.04 bits per heavy atom. The Balaban J connectivity index is 2.06. The highest BCUT2D eigenvalue weighted by atomic mass is 16.7. The summed E-state index contributed by atoms with van der Waals surface area (Å²) in [6.07, 6.45) is 3.43. The first-order chi connectivity index (χ1) is 11.1. The van der Waals surface area contributed by atoms with E-state index in [1.807, 2.05) is 0 Å². The molecule has 1 heterocycles. The second kappa shape index (κ2) is 7.37. The molecule has 1 saturated carbocycles. The van der Waals surface area contributed by atoms with Crippen LogP contribution >= 0.6 is 0 Å². The molecule has 2 rings (SSSR count). The Hall–Kier alpha value is -1.18. The van der Waals surface area contributed by atoms with Crippen molar-refractivity contribution in [3.63, 3.8) is 0 Å². The molecule has 24 heavy (non-hydrogen) atoms. The summed E-state index contributed by atoms with van der Waals surface area (Å²) in [5, 5.41) is 20.1. The number of ether oxygens (including phenoxy) is 2. The van der Waals surface area contributed by atoms with Crippen molar-refractivity contribution in [1.82, 2.24) is 4.90 Å². The van der Waals surface area contributed by atoms with E-state index < -0.39 is 23.5 Å². The van der Waals surface area contributed by atoms with Crippen LogP contribution in [0.25, 0.3) is 0 Å². The van der Waals surface area contributed by atoms with Crippen molar-refractivity contribution in [2.24, 2.45) is 5.92 Å². The summed E-state index contributed by atoms with van der Waals surface area (Å²) in [5.74, 6) is -4.05. The van der Waals surface area contributed by atoms with Crippen LogP contribution in [-0.4, -0.2) is 57.8 Å². The van der Waals surface area contributed by atoms with E-state index in [4.69, 9.17) is 14.6 Å². The van der Waals surface area contributed by atoms with Crippen LogP contribution in [0.15, 0.2) is 0 Å². The number of rotatable bonds is 5.